The SMILES string of the molecule is Cc1nc(C(=O)NCC(c2ccc(C(C)C)cc2)N2CCCCCC2)c(-c2ccccc2)s1. The van der Waals surface area contributed by atoms with Crippen LogP contribution in [0.5, 0.6) is 0 Å². The van der Waals surface area contributed by atoms with E-state index in [2.05, 4.69) is 53.3 Å². The third kappa shape index (κ3) is 5.90. The smallest absolute Gasteiger partial charge is 0.271 e. The minimum Gasteiger partial charge on any atom is -0.349 e. The Balaban J connectivity index is 1.55. The molecule has 0 radical (unpaired) electrons. The first-order chi connectivity index (χ1) is 16.0. The van der Waals surface area contributed by atoms with Crippen molar-refractivity contribution in [3.8, 4) is 10.4 Å². The monoisotopic (exact) mass is 461 g/mol. The zero-order valence-corrected chi connectivity index (χ0v) is 20.8. The average molecular weight is 462 g/mol. The van der Waals surface area contributed by atoms with Gasteiger partial charge in [-0.3, -0.25) is 9.69 Å². The largest absolute Gasteiger partial charge is 0.349 e. The van der Waals surface area contributed by atoms with E-state index in [-0.39, 0.29) is 11.9 Å². The van der Waals surface area contributed by atoms with Crippen LogP contribution in [0.3, 0.4) is 0 Å². The molecule has 1 aromatic heterocycles. The van der Waals surface area contributed by atoms with Crippen molar-refractivity contribution in [3.63, 3.8) is 0 Å². The van der Waals surface area contributed by atoms with Gasteiger partial charge >= 0.3 is 0 Å². The first-order valence-corrected chi connectivity index (χ1v) is 13.0. The Kier molecular flexibility index (Phi) is 7.94. The molecule has 4 rings (SSSR count). The number of carbonyl (C=O) groups excluding carboxylic acids is 1. The second-order valence-corrected chi connectivity index (χ2v) is 10.5. The van der Waals surface area contributed by atoms with E-state index in [1.165, 1.54) is 36.8 Å². The van der Waals surface area contributed by atoms with Crippen LogP contribution in [-0.2, 0) is 0 Å². The molecule has 33 heavy (non-hydrogen) atoms. The number of hydrogen-bond acceptors (Lipinski definition) is 4. The maximum atomic E-state index is 13.3. The zero-order chi connectivity index (χ0) is 23.2. The van der Waals surface area contributed by atoms with Crippen molar-refractivity contribution in [3.05, 3.63) is 76.4 Å². The predicted molar refractivity (Wildman–Crippen MR) is 138 cm³/mol. The number of likely N-dealkylation sites (tertiary alicyclic amines) is 1. The summed E-state index contributed by atoms with van der Waals surface area (Å²) in [6.07, 6.45) is 5.02. The van der Waals surface area contributed by atoms with Gasteiger partial charge in [0.2, 0.25) is 0 Å². The molecule has 2 aromatic carbocycles. The van der Waals surface area contributed by atoms with Crippen LogP contribution in [0.4, 0.5) is 0 Å². The van der Waals surface area contributed by atoms with Crippen LogP contribution >= 0.6 is 11.3 Å². The van der Waals surface area contributed by atoms with Crippen molar-refractivity contribution in [2.24, 2.45) is 0 Å². The zero-order valence-electron chi connectivity index (χ0n) is 20.0. The molecule has 1 saturated heterocycles. The summed E-state index contributed by atoms with van der Waals surface area (Å²) in [5, 5.41) is 4.15. The van der Waals surface area contributed by atoms with Crippen molar-refractivity contribution >= 4 is 17.2 Å². The van der Waals surface area contributed by atoms with E-state index < -0.39 is 0 Å². The molecule has 4 nitrogen and oxygen atoms in total. The van der Waals surface area contributed by atoms with Gasteiger partial charge in [-0.25, -0.2) is 4.98 Å². The van der Waals surface area contributed by atoms with Crippen LogP contribution in [0, 0.1) is 6.92 Å². The highest BCUT2D eigenvalue weighted by molar-refractivity contribution is 7.15. The van der Waals surface area contributed by atoms with Gasteiger partial charge in [-0.05, 0) is 55.5 Å². The van der Waals surface area contributed by atoms with E-state index in [1.54, 1.807) is 11.3 Å². The maximum Gasteiger partial charge on any atom is 0.271 e. The van der Waals surface area contributed by atoms with Gasteiger partial charge in [0.1, 0.15) is 5.69 Å². The van der Waals surface area contributed by atoms with E-state index >= 15 is 0 Å². The molecule has 1 unspecified atom stereocenters. The fraction of sp³-hybridized carbons (Fsp3) is 0.429. The fourth-order valence-electron chi connectivity index (χ4n) is 4.61. The first-order valence-electron chi connectivity index (χ1n) is 12.2. The lowest BCUT2D eigenvalue weighted by atomic mass is 9.98. The van der Waals surface area contributed by atoms with Gasteiger partial charge in [-0.1, -0.05) is 81.3 Å². The van der Waals surface area contributed by atoms with Crippen molar-refractivity contribution in [2.75, 3.05) is 19.6 Å². The van der Waals surface area contributed by atoms with Crippen LogP contribution < -0.4 is 5.32 Å². The number of nitrogens with one attached hydrogen (secondary N) is 1. The number of aryl methyl sites for hydroxylation is 1. The molecule has 2 heterocycles. The average Bonchev–Trinajstić information content (AvgIpc) is 3.03. The second kappa shape index (κ2) is 11.1. The molecular formula is C28H35N3OS. The molecule has 1 amide bonds. The number of amides is 1. The summed E-state index contributed by atoms with van der Waals surface area (Å²) in [6, 6.07) is 19.2. The van der Waals surface area contributed by atoms with E-state index in [0.29, 0.717) is 18.2 Å². The molecule has 5 heteroatoms. The van der Waals surface area contributed by atoms with E-state index in [4.69, 9.17) is 0 Å². The van der Waals surface area contributed by atoms with Gasteiger partial charge in [-0.15, -0.1) is 11.3 Å². The number of benzene rings is 2. The lowest BCUT2D eigenvalue weighted by Gasteiger charge is -2.31. The summed E-state index contributed by atoms with van der Waals surface area (Å²) in [4.78, 5) is 21.4. The Bertz CT molecular complexity index is 1030. The van der Waals surface area contributed by atoms with Crippen molar-refractivity contribution in [1.82, 2.24) is 15.2 Å². The van der Waals surface area contributed by atoms with Crippen LogP contribution in [0.1, 0.15) is 78.1 Å². The number of nitrogens with zero attached hydrogens (tertiary/aromatic N) is 2. The highest BCUT2D eigenvalue weighted by Crippen LogP contribution is 2.30. The summed E-state index contributed by atoms with van der Waals surface area (Å²) in [6.45, 7) is 9.16. The molecule has 1 fully saturated rings. The Morgan fingerprint density at radius 3 is 2.24 bits per heavy atom. The third-order valence-electron chi connectivity index (χ3n) is 6.51. The molecule has 1 aliphatic rings. The topological polar surface area (TPSA) is 45.2 Å². The molecular weight excluding hydrogens is 426 g/mol. The predicted octanol–water partition coefficient (Wildman–Crippen LogP) is 6.59. The number of aromatic nitrogens is 1. The van der Waals surface area contributed by atoms with Gasteiger partial charge in [0.15, 0.2) is 0 Å². The molecule has 0 bridgehead atoms. The highest BCUT2D eigenvalue weighted by Gasteiger charge is 2.24. The van der Waals surface area contributed by atoms with Crippen LogP contribution in [0.15, 0.2) is 54.6 Å². The molecule has 1 aliphatic heterocycles. The molecule has 1 N–H and O–H groups in total. The molecule has 0 saturated carbocycles. The standard InChI is InChI=1S/C28H35N3OS/c1-20(2)22-13-15-23(16-14-22)25(31-17-9-4-5-10-18-31)19-29-28(32)26-27(33-21(3)30-26)24-11-7-6-8-12-24/h6-8,11-16,20,25H,4-5,9-10,17-19H2,1-3H3,(H,29,32). The van der Waals surface area contributed by atoms with Crippen LogP contribution in [0.25, 0.3) is 10.4 Å². The summed E-state index contributed by atoms with van der Waals surface area (Å²) >= 11 is 1.58. The van der Waals surface area contributed by atoms with Crippen molar-refractivity contribution < 1.29 is 4.79 Å². The van der Waals surface area contributed by atoms with Gasteiger partial charge in [0, 0.05) is 6.54 Å². The Morgan fingerprint density at radius 1 is 0.970 bits per heavy atom. The van der Waals surface area contributed by atoms with E-state index in [9.17, 15) is 4.79 Å². The molecule has 0 spiro atoms. The van der Waals surface area contributed by atoms with Crippen molar-refractivity contribution in [1.29, 1.82) is 0 Å². The summed E-state index contributed by atoms with van der Waals surface area (Å²) in [5.74, 6) is 0.427. The minimum atomic E-state index is -0.0863. The van der Waals surface area contributed by atoms with Crippen molar-refractivity contribution in [2.45, 2.75) is 58.4 Å². The van der Waals surface area contributed by atoms with E-state index in [1.807, 2.05) is 37.3 Å². The number of carbonyl (C=O) groups is 1. The number of thiazole rings is 1. The van der Waals surface area contributed by atoms with Crippen LogP contribution in [-0.4, -0.2) is 35.4 Å². The summed E-state index contributed by atoms with van der Waals surface area (Å²) in [7, 11) is 0. The molecule has 3 aromatic rings. The Morgan fingerprint density at radius 2 is 1.61 bits per heavy atom. The van der Waals surface area contributed by atoms with Crippen LogP contribution in [0.2, 0.25) is 0 Å². The first kappa shape index (κ1) is 23.7. The lowest BCUT2D eigenvalue weighted by Crippen LogP contribution is -2.39. The highest BCUT2D eigenvalue weighted by atomic mass is 32.1. The van der Waals surface area contributed by atoms with Gasteiger partial charge in [0.25, 0.3) is 5.91 Å². The van der Waals surface area contributed by atoms with Gasteiger partial charge in [0.05, 0.1) is 15.9 Å². The third-order valence-corrected chi connectivity index (χ3v) is 7.53. The Labute approximate surface area is 202 Å². The summed E-state index contributed by atoms with van der Waals surface area (Å²) < 4.78 is 0. The van der Waals surface area contributed by atoms with Gasteiger partial charge < -0.3 is 5.32 Å². The Hall–Kier alpha value is -2.50. The minimum absolute atomic E-state index is 0.0863. The lowest BCUT2D eigenvalue weighted by molar-refractivity contribution is 0.0929. The van der Waals surface area contributed by atoms with E-state index in [0.717, 1.165) is 28.5 Å². The van der Waals surface area contributed by atoms with Gasteiger partial charge in [-0.2, -0.15) is 0 Å². The number of hydrogen-bond donors (Lipinski definition) is 1. The second-order valence-electron chi connectivity index (χ2n) is 9.27. The number of rotatable bonds is 7. The maximum absolute atomic E-state index is 13.3. The molecule has 174 valence electrons. The molecule has 1 atom stereocenters. The molecule has 0 aliphatic carbocycles. The normalized spacial score (nSPS) is 15.9. The fourth-order valence-corrected chi connectivity index (χ4v) is 5.53. The quantitative estimate of drug-likeness (QED) is 0.432. The summed E-state index contributed by atoms with van der Waals surface area (Å²) in [5.41, 5.74) is 4.21.